The number of rotatable bonds is 2. The van der Waals surface area contributed by atoms with Crippen LogP contribution in [0.4, 0.5) is 0 Å². The Morgan fingerprint density at radius 1 is 1.43 bits per heavy atom. The van der Waals surface area contributed by atoms with Gasteiger partial charge in [0.05, 0.1) is 25.9 Å². The number of hydrogen-bond donors (Lipinski definition) is 0. The Hall–Kier alpha value is -0.450. The van der Waals surface area contributed by atoms with Crippen molar-refractivity contribution in [3.8, 4) is 0 Å². The van der Waals surface area contributed by atoms with Gasteiger partial charge in [-0.3, -0.25) is 4.98 Å². The van der Waals surface area contributed by atoms with Crippen molar-refractivity contribution >= 4 is 15.9 Å². The van der Waals surface area contributed by atoms with Gasteiger partial charge in [0.25, 0.3) is 0 Å². The van der Waals surface area contributed by atoms with Gasteiger partial charge in [-0.15, -0.1) is 0 Å². The van der Waals surface area contributed by atoms with Crippen LogP contribution in [0.25, 0.3) is 0 Å². The fraction of sp³-hybridized carbons (Fsp3) is 0.500. The van der Waals surface area contributed by atoms with Crippen LogP contribution in [-0.2, 0) is 15.9 Å². The van der Waals surface area contributed by atoms with Gasteiger partial charge >= 0.3 is 0 Å². The first kappa shape index (κ1) is 10.1. The Balaban J connectivity index is 1.92. The maximum absolute atomic E-state index is 5.54. The van der Waals surface area contributed by atoms with E-state index in [1.165, 1.54) is 0 Å². The number of hydrogen-bond acceptors (Lipinski definition) is 3. The molecule has 1 atom stereocenters. The molecule has 0 aromatic carbocycles. The van der Waals surface area contributed by atoms with Gasteiger partial charge in [0.15, 0.2) is 0 Å². The third-order valence-electron chi connectivity index (χ3n) is 2.11. The standard InChI is InChI=1S/C10H12BrNO2/c11-8-1-2-9(12-6-8)5-10-7-13-3-4-14-10/h1-2,6,10H,3-5,7H2. The summed E-state index contributed by atoms with van der Waals surface area (Å²) in [6.07, 6.45) is 2.80. The first-order valence-electron chi connectivity index (χ1n) is 4.64. The summed E-state index contributed by atoms with van der Waals surface area (Å²) in [5, 5.41) is 0. The maximum atomic E-state index is 5.54. The highest BCUT2D eigenvalue weighted by Crippen LogP contribution is 2.11. The highest BCUT2D eigenvalue weighted by atomic mass is 79.9. The molecule has 1 aromatic rings. The molecule has 1 fully saturated rings. The molecule has 1 aliphatic rings. The van der Waals surface area contributed by atoms with E-state index >= 15 is 0 Å². The topological polar surface area (TPSA) is 31.4 Å². The summed E-state index contributed by atoms with van der Waals surface area (Å²) in [6, 6.07) is 3.99. The molecule has 1 aromatic heterocycles. The maximum Gasteiger partial charge on any atom is 0.0864 e. The van der Waals surface area contributed by atoms with Gasteiger partial charge in [-0.2, -0.15) is 0 Å². The molecule has 3 nitrogen and oxygen atoms in total. The Bertz CT molecular complexity index is 283. The summed E-state index contributed by atoms with van der Waals surface area (Å²) >= 11 is 3.35. The molecule has 0 amide bonds. The van der Waals surface area contributed by atoms with E-state index in [1.54, 1.807) is 6.20 Å². The lowest BCUT2D eigenvalue weighted by molar-refractivity contribution is -0.0875. The molecule has 0 saturated carbocycles. The summed E-state index contributed by atoms with van der Waals surface area (Å²) < 4.78 is 11.9. The van der Waals surface area contributed by atoms with E-state index < -0.39 is 0 Å². The fourth-order valence-electron chi connectivity index (χ4n) is 1.41. The largest absolute Gasteiger partial charge is 0.376 e. The van der Waals surface area contributed by atoms with Crippen LogP contribution in [0.3, 0.4) is 0 Å². The average molecular weight is 258 g/mol. The molecule has 4 heteroatoms. The Morgan fingerprint density at radius 3 is 3.00 bits per heavy atom. The number of pyridine rings is 1. The number of nitrogens with zero attached hydrogens (tertiary/aromatic N) is 1. The summed E-state index contributed by atoms with van der Waals surface area (Å²) in [4.78, 5) is 4.29. The van der Waals surface area contributed by atoms with Crippen LogP contribution < -0.4 is 0 Å². The molecular weight excluding hydrogens is 246 g/mol. The molecule has 76 valence electrons. The smallest absolute Gasteiger partial charge is 0.0864 e. The predicted octanol–water partition coefficient (Wildman–Crippen LogP) is 1.80. The molecule has 2 rings (SSSR count). The van der Waals surface area contributed by atoms with Crippen LogP contribution >= 0.6 is 15.9 Å². The first-order chi connectivity index (χ1) is 6.84. The molecule has 0 bridgehead atoms. The zero-order chi connectivity index (χ0) is 9.80. The van der Waals surface area contributed by atoms with Crippen molar-refractivity contribution in [3.05, 3.63) is 28.5 Å². The second kappa shape index (κ2) is 4.87. The SMILES string of the molecule is Brc1ccc(CC2COCCO2)nc1. The van der Waals surface area contributed by atoms with E-state index in [2.05, 4.69) is 20.9 Å². The van der Waals surface area contributed by atoms with E-state index in [9.17, 15) is 0 Å². The lowest BCUT2D eigenvalue weighted by Crippen LogP contribution is -2.30. The molecule has 0 radical (unpaired) electrons. The van der Waals surface area contributed by atoms with Crippen molar-refractivity contribution in [1.29, 1.82) is 0 Å². The molecular formula is C10H12BrNO2. The minimum atomic E-state index is 0.164. The predicted molar refractivity (Wildman–Crippen MR) is 56.2 cm³/mol. The molecule has 1 saturated heterocycles. The quantitative estimate of drug-likeness (QED) is 0.810. The van der Waals surface area contributed by atoms with Gasteiger partial charge in [-0.05, 0) is 28.1 Å². The second-order valence-corrected chi connectivity index (χ2v) is 4.16. The van der Waals surface area contributed by atoms with E-state index in [0.29, 0.717) is 19.8 Å². The number of ether oxygens (including phenoxy) is 2. The summed E-state index contributed by atoms with van der Waals surface area (Å²) in [5.41, 5.74) is 1.05. The molecule has 0 aliphatic carbocycles. The third-order valence-corrected chi connectivity index (χ3v) is 2.58. The Morgan fingerprint density at radius 2 is 2.36 bits per heavy atom. The minimum Gasteiger partial charge on any atom is -0.376 e. The van der Waals surface area contributed by atoms with Gasteiger partial charge in [0.1, 0.15) is 0 Å². The van der Waals surface area contributed by atoms with Crippen LogP contribution in [0.15, 0.2) is 22.8 Å². The van der Waals surface area contributed by atoms with Crippen molar-refractivity contribution in [3.63, 3.8) is 0 Å². The van der Waals surface area contributed by atoms with Crippen LogP contribution in [0.5, 0.6) is 0 Å². The highest BCUT2D eigenvalue weighted by molar-refractivity contribution is 9.10. The molecule has 1 aliphatic heterocycles. The third kappa shape index (κ3) is 2.77. The highest BCUT2D eigenvalue weighted by Gasteiger charge is 2.15. The van der Waals surface area contributed by atoms with Crippen molar-refractivity contribution in [2.24, 2.45) is 0 Å². The summed E-state index contributed by atoms with van der Waals surface area (Å²) in [5.74, 6) is 0. The van der Waals surface area contributed by atoms with Gasteiger partial charge < -0.3 is 9.47 Å². The van der Waals surface area contributed by atoms with E-state index in [0.717, 1.165) is 16.6 Å². The molecule has 1 unspecified atom stereocenters. The number of halogens is 1. The van der Waals surface area contributed by atoms with Crippen LogP contribution in [0.1, 0.15) is 5.69 Å². The summed E-state index contributed by atoms with van der Waals surface area (Å²) in [6.45, 7) is 2.09. The molecule has 0 spiro atoms. The summed E-state index contributed by atoms with van der Waals surface area (Å²) in [7, 11) is 0. The van der Waals surface area contributed by atoms with Crippen molar-refractivity contribution < 1.29 is 9.47 Å². The minimum absolute atomic E-state index is 0.164. The molecule has 0 N–H and O–H groups in total. The Labute approximate surface area is 91.6 Å². The zero-order valence-electron chi connectivity index (χ0n) is 7.78. The fourth-order valence-corrected chi connectivity index (χ4v) is 1.65. The van der Waals surface area contributed by atoms with Crippen LogP contribution in [-0.4, -0.2) is 30.9 Å². The average Bonchev–Trinajstić information content (AvgIpc) is 2.23. The van der Waals surface area contributed by atoms with E-state index in [4.69, 9.17) is 9.47 Å². The first-order valence-corrected chi connectivity index (χ1v) is 5.43. The molecule has 2 heterocycles. The van der Waals surface area contributed by atoms with Gasteiger partial charge in [0, 0.05) is 22.8 Å². The number of aromatic nitrogens is 1. The second-order valence-electron chi connectivity index (χ2n) is 3.24. The van der Waals surface area contributed by atoms with Gasteiger partial charge in [-0.25, -0.2) is 0 Å². The Kier molecular flexibility index (Phi) is 3.50. The van der Waals surface area contributed by atoms with Crippen molar-refractivity contribution in [1.82, 2.24) is 4.98 Å². The van der Waals surface area contributed by atoms with Crippen LogP contribution in [0, 0.1) is 0 Å². The van der Waals surface area contributed by atoms with Gasteiger partial charge in [-0.1, -0.05) is 0 Å². The molecule has 14 heavy (non-hydrogen) atoms. The van der Waals surface area contributed by atoms with E-state index in [-0.39, 0.29) is 6.10 Å². The normalized spacial score (nSPS) is 22.2. The van der Waals surface area contributed by atoms with E-state index in [1.807, 2.05) is 12.1 Å². The zero-order valence-corrected chi connectivity index (χ0v) is 9.37. The van der Waals surface area contributed by atoms with Crippen LogP contribution in [0.2, 0.25) is 0 Å². The van der Waals surface area contributed by atoms with Crippen molar-refractivity contribution in [2.45, 2.75) is 12.5 Å². The monoisotopic (exact) mass is 257 g/mol. The van der Waals surface area contributed by atoms with Crippen molar-refractivity contribution in [2.75, 3.05) is 19.8 Å². The van der Waals surface area contributed by atoms with Gasteiger partial charge in [0.2, 0.25) is 0 Å². The lowest BCUT2D eigenvalue weighted by atomic mass is 10.2. The lowest BCUT2D eigenvalue weighted by Gasteiger charge is -2.22.